The Kier molecular flexibility index (Phi) is 3.59. The third-order valence-corrected chi connectivity index (χ3v) is 3.02. The fourth-order valence-corrected chi connectivity index (χ4v) is 1.87. The molecule has 0 radical (unpaired) electrons. The summed E-state index contributed by atoms with van der Waals surface area (Å²) >= 11 is 0. The monoisotopic (exact) mass is 230 g/mol. The maximum atomic E-state index is 5.73. The zero-order valence-corrected chi connectivity index (χ0v) is 10.6. The van der Waals surface area contributed by atoms with E-state index in [1.165, 1.54) is 16.8 Å². The van der Waals surface area contributed by atoms with Gasteiger partial charge in [0.25, 0.3) is 0 Å². The largest absolute Gasteiger partial charge is 0.372 e. The molecular formula is C14H18N2O. The van der Waals surface area contributed by atoms with Gasteiger partial charge in [0, 0.05) is 18.3 Å². The van der Waals surface area contributed by atoms with Crippen molar-refractivity contribution in [1.29, 1.82) is 0 Å². The van der Waals surface area contributed by atoms with Crippen molar-refractivity contribution in [2.45, 2.75) is 27.1 Å². The highest BCUT2D eigenvalue weighted by atomic mass is 16.5. The van der Waals surface area contributed by atoms with Gasteiger partial charge in [-0.3, -0.25) is 4.68 Å². The molecule has 0 N–H and O–H groups in total. The molecule has 0 saturated carbocycles. The van der Waals surface area contributed by atoms with Crippen LogP contribution in [0.2, 0.25) is 0 Å². The summed E-state index contributed by atoms with van der Waals surface area (Å²) in [7, 11) is 1.96. The molecule has 0 fully saturated rings. The van der Waals surface area contributed by atoms with E-state index in [0.717, 1.165) is 5.69 Å². The number of aromatic nitrogens is 2. The molecule has 0 unspecified atom stereocenters. The average molecular weight is 230 g/mol. The second-order valence-corrected chi connectivity index (χ2v) is 4.25. The Morgan fingerprint density at radius 1 is 1.12 bits per heavy atom. The van der Waals surface area contributed by atoms with E-state index in [9.17, 15) is 0 Å². The molecule has 0 bridgehead atoms. The van der Waals surface area contributed by atoms with Crippen molar-refractivity contribution in [1.82, 2.24) is 9.78 Å². The van der Waals surface area contributed by atoms with Gasteiger partial charge < -0.3 is 4.74 Å². The summed E-state index contributed by atoms with van der Waals surface area (Å²) in [4.78, 5) is 0. The van der Waals surface area contributed by atoms with E-state index in [1.54, 1.807) is 0 Å². The van der Waals surface area contributed by atoms with Crippen LogP contribution in [-0.2, 0) is 25.0 Å². The first-order chi connectivity index (χ1) is 8.18. The molecule has 0 atom stereocenters. The average Bonchev–Trinajstić information content (AvgIpc) is 2.57. The molecule has 90 valence electrons. The van der Waals surface area contributed by atoms with Crippen LogP contribution >= 0.6 is 0 Å². The Hall–Kier alpha value is -1.61. The number of ether oxygens (including phenoxy) is 1. The standard InChI is InChI=1S/C14H18N2O/c1-11-14(12(2)16(3)15-11)10-17-9-13-7-5-4-6-8-13/h4-8H,9-10H2,1-3H3. The van der Waals surface area contributed by atoms with Crippen molar-refractivity contribution < 1.29 is 4.74 Å². The fourth-order valence-electron chi connectivity index (χ4n) is 1.87. The van der Waals surface area contributed by atoms with Gasteiger partial charge in [0.2, 0.25) is 0 Å². The number of nitrogens with zero attached hydrogens (tertiary/aromatic N) is 2. The first-order valence-corrected chi connectivity index (χ1v) is 5.79. The number of rotatable bonds is 4. The van der Waals surface area contributed by atoms with Crippen LogP contribution in [0.3, 0.4) is 0 Å². The molecule has 1 aromatic carbocycles. The highest BCUT2D eigenvalue weighted by Gasteiger charge is 2.08. The maximum Gasteiger partial charge on any atom is 0.0757 e. The van der Waals surface area contributed by atoms with Gasteiger partial charge in [0.1, 0.15) is 0 Å². The Labute approximate surface area is 102 Å². The Bertz CT molecular complexity index is 488. The van der Waals surface area contributed by atoms with Crippen molar-refractivity contribution in [3.8, 4) is 0 Å². The van der Waals surface area contributed by atoms with Crippen molar-refractivity contribution in [2.24, 2.45) is 7.05 Å². The summed E-state index contributed by atoms with van der Waals surface area (Å²) in [6, 6.07) is 10.2. The van der Waals surface area contributed by atoms with Crippen LogP contribution in [0.1, 0.15) is 22.5 Å². The predicted molar refractivity (Wildman–Crippen MR) is 67.6 cm³/mol. The number of benzene rings is 1. The van der Waals surface area contributed by atoms with E-state index in [2.05, 4.69) is 24.2 Å². The normalized spacial score (nSPS) is 10.8. The first kappa shape index (κ1) is 11.9. The summed E-state index contributed by atoms with van der Waals surface area (Å²) in [5.41, 5.74) is 4.63. The van der Waals surface area contributed by atoms with Gasteiger partial charge in [0.15, 0.2) is 0 Å². The van der Waals surface area contributed by atoms with Gasteiger partial charge in [-0.2, -0.15) is 5.10 Å². The van der Waals surface area contributed by atoms with Crippen LogP contribution in [0.15, 0.2) is 30.3 Å². The maximum absolute atomic E-state index is 5.73. The number of aryl methyl sites for hydroxylation is 2. The van der Waals surface area contributed by atoms with Gasteiger partial charge in [-0.25, -0.2) is 0 Å². The lowest BCUT2D eigenvalue weighted by atomic mass is 10.2. The minimum Gasteiger partial charge on any atom is -0.372 e. The zero-order chi connectivity index (χ0) is 12.3. The molecule has 0 amide bonds. The Morgan fingerprint density at radius 2 is 1.82 bits per heavy atom. The van der Waals surface area contributed by atoms with Crippen LogP contribution in [0.25, 0.3) is 0 Å². The predicted octanol–water partition coefficient (Wildman–Crippen LogP) is 2.75. The number of hydrogen-bond donors (Lipinski definition) is 0. The third kappa shape index (κ3) is 2.74. The SMILES string of the molecule is Cc1nn(C)c(C)c1COCc1ccccc1. The van der Waals surface area contributed by atoms with Crippen molar-refractivity contribution >= 4 is 0 Å². The van der Waals surface area contributed by atoms with Gasteiger partial charge in [-0.1, -0.05) is 30.3 Å². The van der Waals surface area contributed by atoms with Gasteiger partial charge in [-0.05, 0) is 19.4 Å². The summed E-state index contributed by atoms with van der Waals surface area (Å²) in [6.45, 7) is 5.37. The van der Waals surface area contributed by atoms with E-state index in [1.807, 2.05) is 36.9 Å². The van der Waals surface area contributed by atoms with E-state index in [0.29, 0.717) is 13.2 Å². The summed E-state index contributed by atoms with van der Waals surface area (Å²) < 4.78 is 7.63. The van der Waals surface area contributed by atoms with Crippen LogP contribution in [0.5, 0.6) is 0 Å². The molecule has 0 spiro atoms. The molecule has 0 aliphatic carbocycles. The molecule has 1 aromatic heterocycles. The quantitative estimate of drug-likeness (QED) is 0.807. The van der Waals surface area contributed by atoms with Crippen LogP contribution < -0.4 is 0 Å². The van der Waals surface area contributed by atoms with Gasteiger partial charge in [-0.15, -0.1) is 0 Å². The van der Waals surface area contributed by atoms with Crippen LogP contribution in [0, 0.1) is 13.8 Å². The topological polar surface area (TPSA) is 27.1 Å². The molecule has 3 nitrogen and oxygen atoms in total. The number of hydrogen-bond acceptors (Lipinski definition) is 2. The molecular weight excluding hydrogens is 212 g/mol. The van der Waals surface area contributed by atoms with Crippen molar-refractivity contribution in [3.63, 3.8) is 0 Å². The fraction of sp³-hybridized carbons (Fsp3) is 0.357. The lowest BCUT2D eigenvalue weighted by Crippen LogP contribution is -1.97. The lowest BCUT2D eigenvalue weighted by Gasteiger charge is -2.05. The second kappa shape index (κ2) is 5.15. The van der Waals surface area contributed by atoms with Crippen molar-refractivity contribution in [3.05, 3.63) is 52.8 Å². The lowest BCUT2D eigenvalue weighted by molar-refractivity contribution is 0.106. The molecule has 0 aliphatic heterocycles. The van der Waals surface area contributed by atoms with Gasteiger partial charge >= 0.3 is 0 Å². The highest BCUT2D eigenvalue weighted by Crippen LogP contribution is 2.14. The summed E-state index contributed by atoms with van der Waals surface area (Å²) in [6.07, 6.45) is 0. The van der Waals surface area contributed by atoms with Gasteiger partial charge in [0.05, 0.1) is 18.9 Å². The molecule has 1 heterocycles. The second-order valence-electron chi connectivity index (χ2n) is 4.25. The van der Waals surface area contributed by atoms with Crippen LogP contribution in [0.4, 0.5) is 0 Å². The molecule has 0 aliphatic rings. The minimum absolute atomic E-state index is 0.625. The van der Waals surface area contributed by atoms with Crippen LogP contribution in [-0.4, -0.2) is 9.78 Å². The van der Waals surface area contributed by atoms with E-state index in [4.69, 9.17) is 4.74 Å². The molecule has 2 aromatic rings. The molecule has 17 heavy (non-hydrogen) atoms. The minimum atomic E-state index is 0.625. The first-order valence-electron chi connectivity index (χ1n) is 5.79. The molecule has 0 saturated heterocycles. The smallest absolute Gasteiger partial charge is 0.0757 e. The molecule has 3 heteroatoms. The summed E-state index contributed by atoms with van der Waals surface area (Å²) in [5, 5.41) is 4.37. The molecule has 2 rings (SSSR count). The van der Waals surface area contributed by atoms with E-state index < -0.39 is 0 Å². The van der Waals surface area contributed by atoms with Crippen molar-refractivity contribution in [2.75, 3.05) is 0 Å². The Balaban J connectivity index is 1.95. The summed E-state index contributed by atoms with van der Waals surface area (Å²) in [5.74, 6) is 0. The van der Waals surface area contributed by atoms with E-state index in [-0.39, 0.29) is 0 Å². The van der Waals surface area contributed by atoms with E-state index >= 15 is 0 Å². The third-order valence-electron chi connectivity index (χ3n) is 3.02. The zero-order valence-electron chi connectivity index (χ0n) is 10.6. The highest BCUT2D eigenvalue weighted by molar-refractivity contribution is 5.23. The Morgan fingerprint density at radius 3 is 2.41 bits per heavy atom.